The molecule has 19 heavy (non-hydrogen) atoms. The Bertz CT molecular complexity index is 696. The van der Waals surface area contributed by atoms with Crippen molar-refractivity contribution in [1.82, 2.24) is 4.98 Å². The Morgan fingerprint density at radius 3 is 2.58 bits per heavy atom. The van der Waals surface area contributed by atoms with E-state index in [0.29, 0.717) is 5.56 Å². The first-order valence-corrected chi connectivity index (χ1v) is 5.53. The molecule has 0 amide bonds. The highest BCUT2D eigenvalue weighted by molar-refractivity contribution is 5.94. The van der Waals surface area contributed by atoms with Gasteiger partial charge < -0.3 is 0 Å². The van der Waals surface area contributed by atoms with Crippen molar-refractivity contribution in [2.75, 3.05) is 0 Å². The molecule has 2 aromatic rings. The number of rotatable bonds is 3. The van der Waals surface area contributed by atoms with E-state index in [1.807, 2.05) is 18.2 Å². The fraction of sp³-hybridized carbons (Fsp3) is 0.0714. The summed E-state index contributed by atoms with van der Waals surface area (Å²) in [6.07, 6.45) is 2.91. The van der Waals surface area contributed by atoms with Gasteiger partial charge in [-0.2, -0.15) is 15.1 Å². The van der Waals surface area contributed by atoms with E-state index in [9.17, 15) is 4.79 Å². The monoisotopic (exact) mass is 249 g/mol. The molecular weight excluding hydrogens is 240 g/mol. The van der Waals surface area contributed by atoms with Crippen molar-refractivity contribution in [3.63, 3.8) is 0 Å². The maximum atomic E-state index is 12.0. The normalized spacial score (nSPS) is 9.37. The van der Waals surface area contributed by atoms with Crippen LogP contribution in [0.4, 0.5) is 0 Å². The molecule has 0 radical (unpaired) electrons. The average Bonchev–Trinajstić information content (AvgIpc) is 2.47. The number of Topliss-reactive ketones (excluding diaryl/α,β-unsaturated/α-hetero) is 1. The molecule has 0 atom stereocenters. The minimum atomic E-state index is -0.128. The van der Waals surface area contributed by atoms with Crippen LogP contribution in [0.3, 0.4) is 0 Å². The van der Waals surface area contributed by atoms with Gasteiger partial charge in [-0.1, -0.05) is 30.3 Å². The fourth-order valence-electron chi connectivity index (χ4n) is 1.66. The lowest BCUT2D eigenvalue weighted by Gasteiger charge is -1.99. The van der Waals surface area contributed by atoms with Crippen LogP contribution in [0.2, 0.25) is 0 Å². The average molecular weight is 249 g/mol. The van der Waals surface area contributed by atoms with Crippen LogP contribution in [0.25, 0.3) is 0 Å². The molecule has 0 saturated heterocycles. The summed E-state index contributed by atoms with van der Waals surface area (Å²) in [5.41, 5.74) is 0.675. The van der Waals surface area contributed by atoms with Crippen molar-refractivity contribution in [1.29, 1.82) is 10.5 Å². The third kappa shape index (κ3) is 2.62. The van der Waals surface area contributed by atoms with Crippen LogP contribution in [0.1, 0.15) is 21.7 Å². The quantitative estimate of drug-likeness (QED) is 0.600. The van der Waals surface area contributed by atoms with E-state index in [2.05, 4.69) is 4.98 Å². The molecule has 2 rings (SSSR count). The number of hydrogen-bond acceptors (Lipinski definition) is 4. The molecule has 0 aliphatic heterocycles. The van der Waals surface area contributed by atoms with Gasteiger partial charge in [0, 0.05) is 5.56 Å². The Morgan fingerprint density at radius 1 is 1.21 bits per heavy atom. The number of carbonyl (C=O) groups excluding carboxylic acids is 1. The number of hydrogen-bond donors (Lipinski definition) is 0. The van der Waals surface area contributed by atoms with Gasteiger partial charge in [0.1, 0.15) is 6.07 Å². The molecule has 0 saturated carbocycles. The van der Waals surface area contributed by atoms with Crippen LogP contribution in [0.15, 0.2) is 42.7 Å². The molecule has 0 aliphatic carbocycles. The maximum Gasteiger partial charge on any atom is 0.320 e. The van der Waals surface area contributed by atoms with Gasteiger partial charge in [-0.15, -0.1) is 0 Å². The lowest BCUT2D eigenvalue weighted by Crippen LogP contribution is -2.42. The third-order valence-electron chi connectivity index (χ3n) is 2.58. The van der Waals surface area contributed by atoms with Crippen LogP contribution in [-0.2, 0) is 6.54 Å². The number of nitriles is 2. The summed E-state index contributed by atoms with van der Waals surface area (Å²) in [6, 6.07) is 12.5. The molecule has 1 aromatic carbocycles. The van der Waals surface area contributed by atoms with Crippen molar-refractivity contribution in [2.45, 2.75) is 6.54 Å². The predicted molar refractivity (Wildman–Crippen MR) is 64.6 cm³/mol. The second-order valence-electron chi connectivity index (χ2n) is 3.77. The second kappa shape index (κ2) is 5.52. The SMILES string of the molecule is N#Cc1ncc[n+](CC(=O)c2ccccc2)c1C#N. The Balaban J connectivity index is 2.33. The van der Waals surface area contributed by atoms with E-state index in [1.54, 1.807) is 24.3 Å². The van der Waals surface area contributed by atoms with Gasteiger partial charge in [0.05, 0.1) is 6.20 Å². The number of ketones is 1. The van der Waals surface area contributed by atoms with Crippen molar-refractivity contribution < 1.29 is 9.36 Å². The van der Waals surface area contributed by atoms with Crippen molar-refractivity contribution in [3.8, 4) is 12.1 Å². The van der Waals surface area contributed by atoms with E-state index >= 15 is 0 Å². The van der Waals surface area contributed by atoms with Crippen LogP contribution >= 0.6 is 0 Å². The summed E-state index contributed by atoms with van der Waals surface area (Å²) in [5, 5.41) is 17.9. The van der Waals surface area contributed by atoms with Gasteiger partial charge in [-0.05, 0) is 0 Å². The molecule has 0 N–H and O–H groups in total. The third-order valence-corrected chi connectivity index (χ3v) is 2.58. The fourth-order valence-corrected chi connectivity index (χ4v) is 1.66. The summed E-state index contributed by atoms with van der Waals surface area (Å²) in [7, 11) is 0. The first-order valence-electron chi connectivity index (χ1n) is 5.53. The lowest BCUT2D eigenvalue weighted by atomic mass is 10.1. The van der Waals surface area contributed by atoms with Gasteiger partial charge in [-0.3, -0.25) is 4.79 Å². The van der Waals surface area contributed by atoms with E-state index in [-0.39, 0.29) is 23.7 Å². The topological polar surface area (TPSA) is 81.4 Å². The maximum absolute atomic E-state index is 12.0. The molecule has 0 unspecified atom stereocenters. The largest absolute Gasteiger partial charge is 0.320 e. The van der Waals surface area contributed by atoms with E-state index in [4.69, 9.17) is 10.5 Å². The van der Waals surface area contributed by atoms with Crippen LogP contribution in [0.5, 0.6) is 0 Å². The number of aromatic nitrogens is 2. The first-order chi connectivity index (χ1) is 9.26. The summed E-state index contributed by atoms with van der Waals surface area (Å²) in [6.45, 7) is 0.00407. The van der Waals surface area contributed by atoms with E-state index in [0.717, 1.165) is 0 Å². The highest BCUT2D eigenvalue weighted by atomic mass is 16.1. The highest BCUT2D eigenvalue weighted by Crippen LogP contribution is 2.01. The molecule has 0 bridgehead atoms. The summed E-state index contributed by atoms with van der Waals surface area (Å²) in [5.74, 6) is -0.128. The minimum absolute atomic E-state index is 0.00407. The number of carbonyl (C=O) groups is 1. The van der Waals surface area contributed by atoms with Crippen molar-refractivity contribution in [3.05, 3.63) is 59.7 Å². The molecule has 1 aromatic heterocycles. The molecule has 0 spiro atoms. The zero-order valence-electron chi connectivity index (χ0n) is 9.95. The Hall–Kier alpha value is -3.05. The molecule has 1 heterocycles. The molecule has 0 aliphatic rings. The van der Waals surface area contributed by atoms with Crippen LogP contribution in [0, 0.1) is 22.7 Å². The smallest absolute Gasteiger partial charge is 0.287 e. The van der Waals surface area contributed by atoms with Crippen LogP contribution < -0.4 is 4.57 Å². The predicted octanol–water partition coefficient (Wildman–Crippen LogP) is 0.995. The van der Waals surface area contributed by atoms with E-state index < -0.39 is 0 Å². The summed E-state index contributed by atoms with van der Waals surface area (Å²) in [4.78, 5) is 15.8. The molecule has 5 nitrogen and oxygen atoms in total. The molecule has 5 heteroatoms. The Kier molecular flexibility index (Phi) is 3.61. The summed E-state index contributed by atoms with van der Waals surface area (Å²) < 4.78 is 1.43. The van der Waals surface area contributed by atoms with E-state index in [1.165, 1.54) is 17.0 Å². The van der Waals surface area contributed by atoms with Crippen molar-refractivity contribution in [2.24, 2.45) is 0 Å². The highest BCUT2D eigenvalue weighted by Gasteiger charge is 2.20. The minimum Gasteiger partial charge on any atom is -0.287 e. The van der Waals surface area contributed by atoms with Crippen molar-refractivity contribution >= 4 is 5.78 Å². The molecule has 0 fully saturated rings. The van der Waals surface area contributed by atoms with Gasteiger partial charge in [-0.25, -0.2) is 4.98 Å². The molecular formula is C14H9N4O+. The van der Waals surface area contributed by atoms with Gasteiger partial charge in [0.25, 0.3) is 0 Å². The Labute approximate surface area is 110 Å². The van der Waals surface area contributed by atoms with Crippen LogP contribution in [-0.4, -0.2) is 10.8 Å². The summed E-state index contributed by atoms with van der Waals surface area (Å²) >= 11 is 0. The first kappa shape index (κ1) is 12.4. The number of nitrogens with zero attached hydrogens (tertiary/aromatic N) is 4. The Morgan fingerprint density at radius 2 is 1.95 bits per heavy atom. The zero-order valence-corrected chi connectivity index (χ0v) is 9.95. The van der Waals surface area contributed by atoms with Gasteiger partial charge >= 0.3 is 5.69 Å². The van der Waals surface area contributed by atoms with Gasteiger partial charge in [0.15, 0.2) is 12.3 Å². The van der Waals surface area contributed by atoms with Gasteiger partial charge in [0.2, 0.25) is 18.0 Å². The second-order valence-corrected chi connectivity index (χ2v) is 3.77. The molecule has 90 valence electrons. The zero-order chi connectivity index (χ0) is 13.7. The lowest BCUT2D eigenvalue weighted by molar-refractivity contribution is -0.686. The number of benzene rings is 1. The standard InChI is InChI=1S/C14H9N4O/c15-8-12-13(9-16)18(7-6-17-12)10-14(19)11-4-2-1-3-5-11/h1-7H,10H2/q+1.